The Morgan fingerprint density at radius 3 is 2.50 bits per heavy atom. The smallest absolute Gasteiger partial charge is 0.358 e. The molecule has 0 aliphatic rings. The Balaban J connectivity index is 1.64. The Morgan fingerprint density at radius 1 is 1.04 bits per heavy atom. The van der Waals surface area contributed by atoms with Gasteiger partial charge in [0.1, 0.15) is 11.6 Å². The fourth-order valence-corrected chi connectivity index (χ4v) is 3.70. The van der Waals surface area contributed by atoms with Crippen molar-refractivity contribution in [1.82, 2.24) is 9.97 Å². The van der Waals surface area contributed by atoms with Crippen LogP contribution in [0.1, 0.15) is 40.6 Å². The topological polar surface area (TPSA) is 52.1 Å². The summed E-state index contributed by atoms with van der Waals surface area (Å²) in [6.45, 7) is 4.37. The fraction of sp³-hybridized carbons (Fsp3) is 0.278. The van der Waals surface area contributed by atoms with Crippen molar-refractivity contribution >= 4 is 28.6 Å². The normalized spacial score (nSPS) is 10.8. The van der Waals surface area contributed by atoms with E-state index in [1.807, 2.05) is 17.5 Å². The van der Waals surface area contributed by atoms with Crippen LogP contribution in [0, 0.1) is 0 Å². The van der Waals surface area contributed by atoms with Gasteiger partial charge in [0.15, 0.2) is 5.69 Å². The molecule has 3 aromatic rings. The summed E-state index contributed by atoms with van der Waals surface area (Å²) >= 11 is 3.03. The van der Waals surface area contributed by atoms with Crippen LogP contribution in [0.3, 0.4) is 0 Å². The highest BCUT2D eigenvalue weighted by molar-refractivity contribution is 7.13. The number of carbonyl (C=O) groups excluding carboxylic acids is 1. The van der Waals surface area contributed by atoms with E-state index in [1.165, 1.54) is 16.9 Å². The molecule has 0 atom stereocenters. The Kier molecular flexibility index (Phi) is 5.37. The molecule has 0 saturated heterocycles. The maximum absolute atomic E-state index is 12.1. The number of aromatic nitrogens is 2. The molecule has 3 rings (SSSR count). The largest absolute Gasteiger partial charge is 0.454 e. The van der Waals surface area contributed by atoms with Crippen LogP contribution < -0.4 is 0 Å². The summed E-state index contributed by atoms with van der Waals surface area (Å²) in [7, 11) is 0. The number of benzene rings is 1. The average molecular weight is 358 g/mol. The van der Waals surface area contributed by atoms with Gasteiger partial charge in [-0.25, -0.2) is 14.8 Å². The maximum atomic E-state index is 12.1. The van der Waals surface area contributed by atoms with Gasteiger partial charge in [-0.05, 0) is 18.4 Å². The lowest BCUT2D eigenvalue weighted by atomic mass is 10.1. The zero-order valence-electron chi connectivity index (χ0n) is 13.6. The minimum absolute atomic E-state index is 0.188. The Morgan fingerprint density at radius 2 is 1.83 bits per heavy atom. The van der Waals surface area contributed by atoms with Crippen LogP contribution in [-0.2, 0) is 24.2 Å². The van der Waals surface area contributed by atoms with E-state index in [2.05, 4.69) is 35.9 Å². The Bertz CT molecular complexity index is 822. The van der Waals surface area contributed by atoms with E-state index in [0.29, 0.717) is 5.69 Å². The van der Waals surface area contributed by atoms with Crippen LogP contribution in [-0.4, -0.2) is 15.9 Å². The lowest BCUT2D eigenvalue weighted by Gasteiger charge is -2.00. The van der Waals surface area contributed by atoms with Gasteiger partial charge in [-0.2, -0.15) is 0 Å². The highest BCUT2D eigenvalue weighted by Crippen LogP contribution is 2.24. The van der Waals surface area contributed by atoms with Crippen molar-refractivity contribution in [3.8, 4) is 10.6 Å². The van der Waals surface area contributed by atoms with E-state index >= 15 is 0 Å². The number of nitrogens with zero attached hydrogens (tertiary/aromatic N) is 2. The molecule has 0 unspecified atom stereocenters. The Hall–Kier alpha value is -2.05. The van der Waals surface area contributed by atoms with Gasteiger partial charge in [0.2, 0.25) is 0 Å². The number of hydrogen-bond donors (Lipinski definition) is 0. The molecule has 4 nitrogen and oxygen atoms in total. The predicted molar refractivity (Wildman–Crippen MR) is 97.5 cm³/mol. The number of hydrogen-bond acceptors (Lipinski definition) is 6. The van der Waals surface area contributed by atoms with Crippen LogP contribution in [0.2, 0.25) is 0 Å². The third-order valence-electron chi connectivity index (χ3n) is 3.58. The summed E-state index contributed by atoms with van der Waals surface area (Å²) in [4.78, 5) is 20.9. The SMILES string of the molecule is CCc1ccc(-c2nc(C(=O)OCc3csc(CC)n3)cs2)cc1. The number of rotatable bonds is 6. The molecule has 0 amide bonds. The molecule has 0 N–H and O–H groups in total. The van der Waals surface area contributed by atoms with Crippen LogP contribution in [0.5, 0.6) is 0 Å². The van der Waals surface area contributed by atoms with Crippen molar-refractivity contribution in [3.63, 3.8) is 0 Å². The Labute approximate surface area is 149 Å². The molecule has 0 aliphatic carbocycles. The molecule has 1 aromatic carbocycles. The molecule has 2 aromatic heterocycles. The average Bonchev–Trinajstić information content (AvgIpc) is 3.29. The number of thiazole rings is 2. The third kappa shape index (κ3) is 3.88. The second-order valence-electron chi connectivity index (χ2n) is 5.25. The number of aryl methyl sites for hydroxylation is 2. The summed E-state index contributed by atoms with van der Waals surface area (Å²) in [6.07, 6.45) is 1.90. The molecule has 0 bridgehead atoms. The van der Waals surface area contributed by atoms with E-state index in [1.54, 1.807) is 16.7 Å². The lowest BCUT2D eigenvalue weighted by Crippen LogP contribution is -2.06. The molecule has 0 saturated carbocycles. The minimum Gasteiger partial charge on any atom is -0.454 e. The van der Waals surface area contributed by atoms with Crippen LogP contribution >= 0.6 is 22.7 Å². The highest BCUT2D eigenvalue weighted by Gasteiger charge is 2.14. The zero-order chi connectivity index (χ0) is 16.9. The quantitative estimate of drug-likeness (QED) is 0.597. The van der Waals surface area contributed by atoms with Crippen molar-refractivity contribution in [2.24, 2.45) is 0 Å². The summed E-state index contributed by atoms with van der Waals surface area (Å²) in [5, 5.41) is 5.54. The van der Waals surface area contributed by atoms with E-state index in [0.717, 1.165) is 34.1 Å². The van der Waals surface area contributed by atoms with Gasteiger partial charge >= 0.3 is 5.97 Å². The second kappa shape index (κ2) is 7.68. The number of esters is 1. The van der Waals surface area contributed by atoms with Crippen LogP contribution in [0.25, 0.3) is 10.6 Å². The lowest BCUT2D eigenvalue weighted by molar-refractivity contribution is 0.0462. The van der Waals surface area contributed by atoms with Crippen LogP contribution in [0.4, 0.5) is 0 Å². The van der Waals surface area contributed by atoms with Crippen molar-refractivity contribution in [2.75, 3.05) is 0 Å². The first-order valence-corrected chi connectivity index (χ1v) is 9.60. The summed E-state index contributed by atoms with van der Waals surface area (Å²) in [5.41, 5.74) is 3.43. The van der Waals surface area contributed by atoms with E-state index in [9.17, 15) is 4.79 Å². The molecular weight excluding hydrogens is 340 g/mol. The molecule has 0 radical (unpaired) electrons. The molecule has 0 spiro atoms. The standard InChI is InChI=1S/C18H18N2O2S2/c1-3-12-5-7-13(8-6-12)17-20-15(11-24-17)18(21)22-9-14-10-23-16(4-2)19-14/h5-8,10-11H,3-4,9H2,1-2H3. The molecule has 0 fully saturated rings. The summed E-state index contributed by atoms with van der Waals surface area (Å²) in [5.74, 6) is -0.409. The monoisotopic (exact) mass is 358 g/mol. The molecule has 0 aliphatic heterocycles. The van der Waals surface area contributed by atoms with Gasteiger partial charge in [0.25, 0.3) is 0 Å². The van der Waals surface area contributed by atoms with Crippen molar-refractivity contribution in [1.29, 1.82) is 0 Å². The minimum atomic E-state index is -0.409. The van der Waals surface area contributed by atoms with E-state index in [4.69, 9.17) is 4.74 Å². The molecule has 124 valence electrons. The van der Waals surface area contributed by atoms with Gasteiger partial charge in [-0.1, -0.05) is 38.1 Å². The fourth-order valence-electron chi connectivity index (χ4n) is 2.17. The number of ether oxygens (including phenoxy) is 1. The molecular formula is C18H18N2O2S2. The highest BCUT2D eigenvalue weighted by atomic mass is 32.1. The first kappa shape index (κ1) is 16.8. The van der Waals surface area contributed by atoms with E-state index in [-0.39, 0.29) is 6.61 Å². The zero-order valence-corrected chi connectivity index (χ0v) is 15.2. The van der Waals surface area contributed by atoms with E-state index < -0.39 is 5.97 Å². The van der Waals surface area contributed by atoms with Crippen molar-refractivity contribution < 1.29 is 9.53 Å². The first-order chi connectivity index (χ1) is 11.7. The van der Waals surface area contributed by atoms with Crippen LogP contribution in [0.15, 0.2) is 35.0 Å². The van der Waals surface area contributed by atoms with Gasteiger partial charge in [-0.15, -0.1) is 22.7 Å². The maximum Gasteiger partial charge on any atom is 0.358 e. The van der Waals surface area contributed by atoms with Gasteiger partial charge in [-0.3, -0.25) is 0 Å². The third-order valence-corrected chi connectivity index (χ3v) is 5.51. The number of carbonyl (C=O) groups is 1. The predicted octanol–water partition coefficient (Wildman–Crippen LogP) is 4.75. The summed E-state index contributed by atoms with van der Waals surface area (Å²) < 4.78 is 5.31. The van der Waals surface area contributed by atoms with Gasteiger partial charge in [0, 0.05) is 16.3 Å². The molecule has 6 heteroatoms. The molecule has 24 heavy (non-hydrogen) atoms. The second-order valence-corrected chi connectivity index (χ2v) is 7.05. The van der Waals surface area contributed by atoms with Crippen molar-refractivity contribution in [3.05, 3.63) is 57.0 Å². The molecule has 2 heterocycles. The van der Waals surface area contributed by atoms with Gasteiger partial charge < -0.3 is 4.74 Å². The van der Waals surface area contributed by atoms with Gasteiger partial charge in [0.05, 0.1) is 10.7 Å². The van der Waals surface area contributed by atoms with Crippen molar-refractivity contribution in [2.45, 2.75) is 33.3 Å². The summed E-state index contributed by atoms with van der Waals surface area (Å²) in [6, 6.07) is 8.24. The first-order valence-electron chi connectivity index (χ1n) is 7.84.